The summed E-state index contributed by atoms with van der Waals surface area (Å²) in [6, 6.07) is 6.35. The number of aliphatic hydroxyl groups is 1. The monoisotopic (exact) mass is 597 g/mol. The number of pyridine rings is 1. The van der Waals surface area contributed by atoms with Gasteiger partial charge >= 0.3 is 0 Å². The molecule has 3 heterocycles. The number of benzene rings is 1. The lowest BCUT2D eigenvalue weighted by atomic mass is 9.91. The van der Waals surface area contributed by atoms with Gasteiger partial charge in [0.15, 0.2) is 0 Å². The molecule has 7 heteroatoms. The van der Waals surface area contributed by atoms with E-state index in [2.05, 4.69) is 96.2 Å². The van der Waals surface area contributed by atoms with E-state index in [1.807, 2.05) is 6.92 Å². The van der Waals surface area contributed by atoms with Gasteiger partial charge in [-0.15, -0.1) is 0 Å². The molecule has 1 atom stereocenters. The van der Waals surface area contributed by atoms with Crippen molar-refractivity contribution in [3.05, 3.63) is 48.6 Å². The highest BCUT2D eigenvalue weighted by Gasteiger charge is 2.27. The second-order valence-corrected chi connectivity index (χ2v) is 10.9. The molecule has 0 saturated carbocycles. The fourth-order valence-electron chi connectivity index (χ4n) is 4.56. The van der Waals surface area contributed by atoms with Crippen molar-refractivity contribution in [3.8, 4) is 5.69 Å². The molecule has 1 saturated heterocycles. The average molecular weight is 600 g/mol. The molecule has 1 aromatic carbocycles. The highest BCUT2D eigenvalue weighted by Crippen LogP contribution is 2.41. The number of hydrogen-bond donors (Lipinski definition) is 1. The van der Waals surface area contributed by atoms with Crippen LogP contribution in [0.1, 0.15) is 36.7 Å². The van der Waals surface area contributed by atoms with E-state index in [0.29, 0.717) is 5.92 Å². The summed E-state index contributed by atoms with van der Waals surface area (Å²) < 4.78 is 5.28. The number of piperidine rings is 1. The number of hydrogen-bond acceptors (Lipinski definition) is 3. The van der Waals surface area contributed by atoms with Crippen LogP contribution in [0.2, 0.25) is 0 Å². The Morgan fingerprint density at radius 2 is 1.63 bits per heavy atom. The summed E-state index contributed by atoms with van der Waals surface area (Å²) in [5, 5.41) is 11.2. The van der Waals surface area contributed by atoms with Crippen molar-refractivity contribution >= 4 is 64.5 Å². The van der Waals surface area contributed by atoms with Crippen molar-refractivity contribution in [2.24, 2.45) is 5.92 Å². The van der Waals surface area contributed by atoms with E-state index in [1.165, 1.54) is 22.3 Å². The van der Waals surface area contributed by atoms with Gasteiger partial charge < -0.3 is 10.0 Å². The molecular formula is C23H26Br3N3O. The largest absolute Gasteiger partial charge is 0.393 e. The van der Waals surface area contributed by atoms with E-state index in [4.69, 9.17) is 4.98 Å². The van der Waals surface area contributed by atoms with Gasteiger partial charge in [-0.05, 0) is 102 Å². The zero-order valence-electron chi connectivity index (χ0n) is 17.6. The van der Waals surface area contributed by atoms with Crippen molar-refractivity contribution in [1.29, 1.82) is 0 Å². The Balaban J connectivity index is 1.90. The van der Waals surface area contributed by atoms with E-state index in [9.17, 15) is 5.11 Å². The molecule has 1 unspecified atom stereocenters. The summed E-state index contributed by atoms with van der Waals surface area (Å²) in [5.41, 5.74) is 6.76. The maximum absolute atomic E-state index is 9.99. The Hall–Kier alpha value is -0.890. The molecule has 3 aromatic rings. The van der Waals surface area contributed by atoms with Crippen molar-refractivity contribution in [2.75, 3.05) is 18.0 Å². The van der Waals surface area contributed by atoms with E-state index >= 15 is 0 Å². The van der Waals surface area contributed by atoms with Crippen molar-refractivity contribution < 1.29 is 5.11 Å². The van der Waals surface area contributed by atoms with Crippen LogP contribution in [0, 0.1) is 26.7 Å². The summed E-state index contributed by atoms with van der Waals surface area (Å²) in [6.07, 6.45) is 1.80. The van der Waals surface area contributed by atoms with E-state index in [-0.39, 0.29) is 6.10 Å². The molecule has 4 nitrogen and oxygen atoms in total. The minimum Gasteiger partial charge on any atom is -0.393 e. The van der Waals surface area contributed by atoms with Crippen LogP contribution < -0.4 is 4.90 Å². The summed E-state index contributed by atoms with van der Waals surface area (Å²) in [6.45, 7) is 10.3. The maximum Gasteiger partial charge on any atom is 0.147 e. The van der Waals surface area contributed by atoms with Gasteiger partial charge in [-0.25, -0.2) is 4.98 Å². The van der Waals surface area contributed by atoms with Crippen LogP contribution in [0.15, 0.2) is 31.6 Å². The van der Waals surface area contributed by atoms with Gasteiger partial charge in [0.05, 0.1) is 11.8 Å². The third kappa shape index (κ3) is 3.87. The molecule has 0 bridgehead atoms. The first-order valence-electron chi connectivity index (χ1n) is 10.3. The van der Waals surface area contributed by atoms with Gasteiger partial charge in [-0.1, -0.05) is 15.9 Å². The standard InChI is InChI=1S/C23H26Br3N3O/c1-12-9-20(28-7-5-16(6-8-28)15(4)30)21-13(2)14(3)29(23(21)27-12)22-18(25)10-17(24)11-19(22)26/h9-11,15-16,30H,5-8H2,1-4H3. The zero-order chi connectivity index (χ0) is 21.7. The number of aliphatic hydroxyl groups excluding tert-OH is 1. The number of fused-ring (bicyclic) bond motifs is 1. The third-order valence-electron chi connectivity index (χ3n) is 6.34. The molecule has 0 spiro atoms. The first-order valence-corrected chi connectivity index (χ1v) is 12.6. The zero-order valence-corrected chi connectivity index (χ0v) is 22.4. The number of rotatable bonds is 3. The maximum atomic E-state index is 9.99. The van der Waals surface area contributed by atoms with Gasteiger partial charge in [0.25, 0.3) is 0 Å². The van der Waals surface area contributed by atoms with Crippen LogP contribution in [-0.4, -0.2) is 33.9 Å². The molecule has 1 N–H and O–H groups in total. The fourth-order valence-corrected chi connectivity index (χ4v) is 7.18. The molecule has 4 rings (SSSR count). The first-order chi connectivity index (χ1) is 14.2. The van der Waals surface area contributed by atoms with Crippen LogP contribution in [0.25, 0.3) is 16.7 Å². The first kappa shape index (κ1) is 22.3. The lowest BCUT2D eigenvalue weighted by Crippen LogP contribution is -2.37. The third-order valence-corrected chi connectivity index (χ3v) is 8.01. The van der Waals surface area contributed by atoms with E-state index in [0.717, 1.165) is 56.4 Å². The molecular weight excluding hydrogens is 574 g/mol. The Labute approximate surface area is 203 Å². The van der Waals surface area contributed by atoms with Crippen LogP contribution in [-0.2, 0) is 0 Å². The highest BCUT2D eigenvalue weighted by molar-refractivity contribution is 9.11. The number of aryl methyl sites for hydroxylation is 2. The molecule has 0 radical (unpaired) electrons. The topological polar surface area (TPSA) is 41.3 Å². The number of aromatic nitrogens is 2. The Kier molecular flexibility index (Phi) is 6.37. The summed E-state index contributed by atoms with van der Waals surface area (Å²) >= 11 is 11.1. The van der Waals surface area contributed by atoms with Crippen molar-refractivity contribution in [3.63, 3.8) is 0 Å². The van der Waals surface area contributed by atoms with Crippen molar-refractivity contribution in [2.45, 2.75) is 46.6 Å². The predicted octanol–water partition coefficient (Wildman–Crippen LogP) is 6.84. The Morgan fingerprint density at radius 1 is 1.03 bits per heavy atom. The molecule has 1 fully saturated rings. The van der Waals surface area contributed by atoms with Crippen LogP contribution >= 0.6 is 47.8 Å². The minimum absolute atomic E-state index is 0.233. The summed E-state index contributed by atoms with van der Waals surface area (Å²) in [4.78, 5) is 7.45. The van der Waals surface area contributed by atoms with Gasteiger partial charge in [0, 0.05) is 49.0 Å². The SMILES string of the molecule is Cc1cc(N2CCC(C(C)O)CC2)c2c(C)c(C)n(-c3c(Br)cc(Br)cc3Br)c2n1. The smallest absolute Gasteiger partial charge is 0.147 e. The van der Waals surface area contributed by atoms with Crippen LogP contribution in [0.5, 0.6) is 0 Å². The van der Waals surface area contributed by atoms with Gasteiger partial charge in [0.1, 0.15) is 5.65 Å². The van der Waals surface area contributed by atoms with Crippen molar-refractivity contribution in [1.82, 2.24) is 9.55 Å². The van der Waals surface area contributed by atoms with Gasteiger partial charge in [0.2, 0.25) is 0 Å². The molecule has 2 aromatic heterocycles. The fraction of sp³-hybridized carbons (Fsp3) is 0.435. The second-order valence-electron chi connectivity index (χ2n) is 8.31. The lowest BCUT2D eigenvalue weighted by molar-refractivity contribution is 0.110. The molecule has 160 valence electrons. The number of halogens is 3. The molecule has 0 aliphatic carbocycles. The van der Waals surface area contributed by atoms with E-state index < -0.39 is 0 Å². The molecule has 0 amide bonds. The van der Waals surface area contributed by atoms with E-state index in [1.54, 1.807) is 0 Å². The molecule has 1 aliphatic rings. The molecule has 1 aliphatic heterocycles. The second kappa shape index (κ2) is 8.57. The predicted molar refractivity (Wildman–Crippen MR) is 135 cm³/mol. The Bertz CT molecular complexity index is 1090. The number of nitrogens with zero attached hydrogens (tertiary/aromatic N) is 3. The molecule has 30 heavy (non-hydrogen) atoms. The number of anilines is 1. The Morgan fingerprint density at radius 3 is 2.20 bits per heavy atom. The van der Waals surface area contributed by atoms with Gasteiger partial charge in [-0.3, -0.25) is 4.57 Å². The van der Waals surface area contributed by atoms with Gasteiger partial charge in [-0.2, -0.15) is 0 Å². The van der Waals surface area contributed by atoms with Crippen LogP contribution in [0.3, 0.4) is 0 Å². The lowest BCUT2D eigenvalue weighted by Gasteiger charge is -2.35. The highest BCUT2D eigenvalue weighted by atomic mass is 79.9. The van der Waals surface area contributed by atoms with Crippen LogP contribution in [0.4, 0.5) is 5.69 Å². The quantitative estimate of drug-likeness (QED) is 0.359. The normalized spacial score (nSPS) is 16.5. The summed E-state index contributed by atoms with van der Waals surface area (Å²) in [7, 11) is 0. The minimum atomic E-state index is -0.233. The average Bonchev–Trinajstić information content (AvgIpc) is 2.92. The summed E-state index contributed by atoms with van der Waals surface area (Å²) in [5.74, 6) is 0.391.